The second kappa shape index (κ2) is 6.80. The Morgan fingerprint density at radius 2 is 2.00 bits per heavy atom. The van der Waals surface area contributed by atoms with E-state index in [1.807, 2.05) is 6.92 Å². The Hall–Kier alpha value is -1.76. The summed E-state index contributed by atoms with van der Waals surface area (Å²) in [5, 5.41) is 3.14. The van der Waals surface area contributed by atoms with Crippen LogP contribution in [0.15, 0.2) is 9.59 Å². The van der Waals surface area contributed by atoms with Crippen LogP contribution in [0.3, 0.4) is 0 Å². The van der Waals surface area contributed by atoms with Gasteiger partial charge in [0.15, 0.2) is 0 Å². The van der Waals surface area contributed by atoms with Gasteiger partial charge >= 0.3 is 5.69 Å². The zero-order chi connectivity index (χ0) is 15.4. The molecule has 1 aliphatic heterocycles. The van der Waals surface area contributed by atoms with E-state index in [0.29, 0.717) is 24.7 Å². The molecule has 1 aliphatic rings. The van der Waals surface area contributed by atoms with E-state index >= 15 is 0 Å². The van der Waals surface area contributed by atoms with Gasteiger partial charge in [-0.1, -0.05) is 6.92 Å². The number of anilines is 2. The van der Waals surface area contributed by atoms with Crippen molar-refractivity contribution in [2.45, 2.75) is 32.7 Å². The molecular formula is C14H24N4O3. The Kier molecular flexibility index (Phi) is 5.06. The summed E-state index contributed by atoms with van der Waals surface area (Å²) in [4.78, 5) is 24.3. The minimum Gasteiger partial charge on any atom is -0.383 e. The highest BCUT2D eigenvalue weighted by molar-refractivity contribution is 5.60. The minimum absolute atomic E-state index is 0.233. The van der Waals surface area contributed by atoms with Crippen molar-refractivity contribution in [3.05, 3.63) is 20.8 Å². The minimum atomic E-state index is -0.365. The molecule has 118 valence electrons. The molecule has 0 saturated carbocycles. The zero-order valence-corrected chi connectivity index (χ0v) is 12.7. The lowest BCUT2D eigenvalue weighted by Gasteiger charge is -2.23. The van der Waals surface area contributed by atoms with Crippen molar-refractivity contribution in [1.29, 1.82) is 0 Å². The highest BCUT2D eigenvalue weighted by Crippen LogP contribution is 2.17. The molecule has 0 aliphatic carbocycles. The average molecular weight is 296 g/mol. The largest absolute Gasteiger partial charge is 0.383 e. The lowest BCUT2D eigenvalue weighted by Crippen LogP contribution is -2.41. The van der Waals surface area contributed by atoms with Gasteiger partial charge in [0.05, 0.1) is 0 Å². The monoisotopic (exact) mass is 296 g/mol. The normalized spacial score (nSPS) is 16.1. The number of aromatic nitrogens is 2. The molecule has 1 fully saturated rings. The van der Waals surface area contributed by atoms with Crippen molar-refractivity contribution < 1.29 is 4.74 Å². The van der Waals surface area contributed by atoms with Crippen LogP contribution in [-0.4, -0.2) is 28.9 Å². The van der Waals surface area contributed by atoms with Gasteiger partial charge in [-0.25, -0.2) is 4.79 Å². The topological polar surface area (TPSA) is 91.3 Å². The molecule has 21 heavy (non-hydrogen) atoms. The molecule has 0 spiro atoms. The Balaban J connectivity index is 2.25. The van der Waals surface area contributed by atoms with Gasteiger partial charge in [-0.05, 0) is 25.2 Å². The standard InChI is InChI=1S/C14H24N4O3/c1-3-6-18-12(15)11(13(19)17(2)14(18)20)16-9-10-4-7-21-8-5-10/h10,16H,3-9,15H2,1-2H3. The van der Waals surface area contributed by atoms with Gasteiger partial charge in [-0.15, -0.1) is 0 Å². The molecule has 0 atom stereocenters. The Bertz CT molecular complexity index is 599. The number of ether oxygens (including phenoxy) is 1. The maximum Gasteiger partial charge on any atom is 0.332 e. The first-order valence-corrected chi connectivity index (χ1v) is 7.47. The third-order valence-corrected chi connectivity index (χ3v) is 3.94. The van der Waals surface area contributed by atoms with Crippen molar-refractivity contribution in [3.8, 4) is 0 Å². The van der Waals surface area contributed by atoms with E-state index in [2.05, 4.69) is 5.32 Å². The first-order chi connectivity index (χ1) is 10.1. The van der Waals surface area contributed by atoms with E-state index in [1.54, 1.807) is 0 Å². The summed E-state index contributed by atoms with van der Waals surface area (Å²) in [5.41, 5.74) is 5.62. The van der Waals surface area contributed by atoms with Crippen LogP contribution in [0.1, 0.15) is 26.2 Å². The van der Waals surface area contributed by atoms with Gasteiger partial charge in [0.1, 0.15) is 11.5 Å². The molecule has 1 aromatic heterocycles. The predicted octanol–water partition coefficient (Wildman–Crippen LogP) is 0.378. The van der Waals surface area contributed by atoms with E-state index in [1.165, 1.54) is 11.6 Å². The smallest absolute Gasteiger partial charge is 0.332 e. The number of nitrogens with two attached hydrogens (primary N) is 1. The average Bonchev–Trinajstić information content (AvgIpc) is 2.50. The second-order valence-corrected chi connectivity index (χ2v) is 5.50. The van der Waals surface area contributed by atoms with Gasteiger partial charge in [0.2, 0.25) is 0 Å². The van der Waals surface area contributed by atoms with E-state index in [4.69, 9.17) is 10.5 Å². The Morgan fingerprint density at radius 3 is 2.62 bits per heavy atom. The molecular weight excluding hydrogens is 272 g/mol. The number of rotatable bonds is 5. The quantitative estimate of drug-likeness (QED) is 0.819. The fourth-order valence-electron chi connectivity index (χ4n) is 2.59. The lowest BCUT2D eigenvalue weighted by atomic mass is 10.0. The fraction of sp³-hybridized carbons (Fsp3) is 0.714. The maximum atomic E-state index is 12.2. The highest BCUT2D eigenvalue weighted by atomic mass is 16.5. The molecule has 7 heteroatoms. The first-order valence-electron chi connectivity index (χ1n) is 7.47. The number of nitrogens with one attached hydrogen (secondary N) is 1. The van der Waals surface area contributed by atoms with Crippen molar-refractivity contribution >= 4 is 11.5 Å². The van der Waals surface area contributed by atoms with Gasteiger partial charge in [-0.2, -0.15) is 0 Å². The van der Waals surface area contributed by atoms with Crippen LogP contribution in [0.4, 0.5) is 11.5 Å². The summed E-state index contributed by atoms with van der Waals surface area (Å²) in [6, 6.07) is 0. The van der Waals surface area contributed by atoms with Crippen LogP contribution in [0, 0.1) is 5.92 Å². The zero-order valence-electron chi connectivity index (χ0n) is 12.7. The number of nitrogens with zero attached hydrogens (tertiary/aromatic N) is 2. The third kappa shape index (κ3) is 3.29. The van der Waals surface area contributed by atoms with Crippen molar-refractivity contribution in [2.24, 2.45) is 13.0 Å². The van der Waals surface area contributed by atoms with Crippen molar-refractivity contribution in [2.75, 3.05) is 30.8 Å². The van der Waals surface area contributed by atoms with E-state index < -0.39 is 0 Å². The molecule has 2 heterocycles. The van der Waals surface area contributed by atoms with Crippen LogP contribution < -0.4 is 22.3 Å². The SMILES string of the molecule is CCCn1c(N)c(NCC2CCOCC2)c(=O)n(C)c1=O. The van der Waals surface area contributed by atoms with Crippen LogP contribution in [0.2, 0.25) is 0 Å². The van der Waals surface area contributed by atoms with Crippen molar-refractivity contribution in [3.63, 3.8) is 0 Å². The summed E-state index contributed by atoms with van der Waals surface area (Å²) in [5.74, 6) is 0.700. The Morgan fingerprint density at radius 1 is 1.33 bits per heavy atom. The van der Waals surface area contributed by atoms with E-state index in [-0.39, 0.29) is 17.1 Å². The molecule has 1 saturated heterocycles. The lowest BCUT2D eigenvalue weighted by molar-refractivity contribution is 0.0699. The molecule has 1 aromatic rings. The summed E-state index contributed by atoms with van der Waals surface area (Å²) in [6.07, 6.45) is 2.73. The third-order valence-electron chi connectivity index (χ3n) is 3.94. The summed E-state index contributed by atoms with van der Waals surface area (Å²) in [7, 11) is 1.48. The first kappa shape index (κ1) is 15.6. The van der Waals surface area contributed by atoms with Gasteiger partial charge in [0, 0.05) is 33.4 Å². The maximum absolute atomic E-state index is 12.2. The Labute approximate surface area is 123 Å². The molecule has 0 unspecified atom stereocenters. The molecule has 3 N–H and O–H groups in total. The van der Waals surface area contributed by atoms with Crippen LogP contribution >= 0.6 is 0 Å². The molecule has 2 rings (SSSR count). The number of hydrogen-bond donors (Lipinski definition) is 2. The van der Waals surface area contributed by atoms with E-state index in [0.717, 1.165) is 37.0 Å². The van der Waals surface area contributed by atoms with Crippen molar-refractivity contribution in [1.82, 2.24) is 9.13 Å². The summed E-state index contributed by atoms with van der Waals surface area (Å²) < 4.78 is 7.88. The highest BCUT2D eigenvalue weighted by Gasteiger charge is 2.18. The number of nitrogen functional groups attached to an aromatic ring is 1. The fourth-order valence-corrected chi connectivity index (χ4v) is 2.59. The van der Waals surface area contributed by atoms with Crippen LogP contribution in [0.25, 0.3) is 0 Å². The molecule has 0 amide bonds. The predicted molar refractivity (Wildman–Crippen MR) is 82.7 cm³/mol. The van der Waals surface area contributed by atoms with Gasteiger partial charge < -0.3 is 15.8 Å². The molecule has 0 bridgehead atoms. The molecule has 0 radical (unpaired) electrons. The summed E-state index contributed by atoms with van der Waals surface area (Å²) >= 11 is 0. The van der Waals surface area contributed by atoms with Crippen LogP contribution in [-0.2, 0) is 18.3 Å². The summed E-state index contributed by atoms with van der Waals surface area (Å²) in [6.45, 7) is 4.66. The van der Waals surface area contributed by atoms with E-state index in [9.17, 15) is 9.59 Å². The second-order valence-electron chi connectivity index (χ2n) is 5.50. The van der Waals surface area contributed by atoms with Crippen LogP contribution in [0.5, 0.6) is 0 Å². The molecule has 7 nitrogen and oxygen atoms in total. The van der Waals surface area contributed by atoms with Gasteiger partial charge in [0.25, 0.3) is 5.56 Å². The molecule has 0 aromatic carbocycles. The number of hydrogen-bond acceptors (Lipinski definition) is 5. The van der Waals surface area contributed by atoms with Gasteiger partial charge in [-0.3, -0.25) is 13.9 Å².